The Balaban J connectivity index is 0.000001000. The van der Waals surface area contributed by atoms with Crippen LogP contribution in [-0.4, -0.2) is 16.6 Å². The Kier molecular flexibility index (Phi) is 3.01. The first-order valence-corrected chi connectivity index (χ1v) is 2.52. The summed E-state index contributed by atoms with van der Waals surface area (Å²) in [6.07, 6.45) is 0.907. The first kappa shape index (κ1) is 9.38. The van der Waals surface area contributed by atoms with Gasteiger partial charge in [-0.05, 0) is 6.07 Å². The molecule has 0 aromatic carbocycles. The molecule has 0 saturated carbocycles. The molecule has 0 fully saturated rings. The lowest BCUT2D eigenvalue weighted by atomic mass is 10.3. The van der Waals surface area contributed by atoms with Crippen LogP contribution >= 0.6 is 0 Å². The van der Waals surface area contributed by atoms with Gasteiger partial charge in [0.05, 0.1) is 5.56 Å². The average Bonchev–Trinajstić information content (AvgIpc) is 1.88. The second-order valence-corrected chi connectivity index (χ2v) is 1.65. The van der Waals surface area contributed by atoms with E-state index >= 15 is 0 Å². The largest absolute Gasteiger partial charge is 0.478 e. The van der Waals surface area contributed by atoms with Gasteiger partial charge < -0.3 is 15.0 Å². The second kappa shape index (κ2) is 3.52. The highest BCUT2D eigenvalue weighted by Gasteiger charge is 2.00. The maximum absolute atomic E-state index is 10.3. The topological polar surface area (TPSA) is 99.0 Å². The van der Waals surface area contributed by atoms with Crippen LogP contribution in [-0.2, 0) is 0 Å². The lowest BCUT2D eigenvalue weighted by Crippen LogP contribution is -2.00. The van der Waals surface area contributed by atoms with Crippen LogP contribution in [0.3, 0.4) is 0 Å². The second-order valence-electron chi connectivity index (χ2n) is 1.65. The predicted octanol–water partition coefficient (Wildman–Crippen LogP) is -0.487. The molecule has 0 aliphatic heterocycles. The van der Waals surface area contributed by atoms with Crippen LogP contribution in [0.5, 0.6) is 0 Å². The van der Waals surface area contributed by atoms with Crippen LogP contribution in [0.2, 0.25) is 0 Å². The number of rotatable bonds is 1. The van der Waals surface area contributed by atoms with E-state index in [2.05, 4.69) is 4.42 Å². The molecule has 0 radical (unpaired) electrons. The number of hydrogen-bond donors (Lipinski definition) is 1. The molecule has 3 N–H and O–H groups in total. The molecule has 11 heavy (non-hydrogen) atoms. The number of carbonyl (C=O) groups is 1. The zero-order chi connectivity index (χ0) is 7.56. The van der Waals surface area contributed by atoms with E-state index in [1.807, 2.05) is 0 Å². The van der Waals surface area contributed by atoms with Crippen molar-refractivity contribution in [3.63, 3.8) is 0 Å². The zero-order valence-electron chi connectivity index (χ0n) is 5.40. The van der Waals surface area contributed by atoms with Crippen molar-refractivity contribution < 1.29 is 19.8 Å². The fourth-order valence-corrected chi connectivity index (χ4v) is 0.480. The summed E-state index contributed by atoms with van der Waals surface area (Å²) < 4.78 is 4.28. The molecule has 0 saturated heterocycles. The van der Waals surface area contributed by atoms with E-state index in [0.717, 1.165) is 12.3 Å². The van der Waals surface area contributed by atoms with Gasteiger partial charge in [0.25, 0.3) is 0 Å². The first-order valence-electron chi connectivity index (χ1n) is 2.52. The quantitative estimate of drug-likeness (QED) is 0.596. The Labute approximate surface area is 61.2 Å². The summed E-state index contributed by atoms with van der Waals surface area (Å²) >= 11 is 0. The molecule has 60 valence electrons. The van der Waals surface area contributed by atoms with Crippen molar-refractivity contribution in [1.29, 1.82) is 0 Å². The van der Waals surface area contributed by atoms with Gasteiger partial charge in [-0.15, -0.1) is 0 Å². The van der Waals surface area contributed by atoms with Crippen LogP contribution in [0.25, 0.3) is 0 Å². The molecule has 5 heteroatoms. The van der Waals surface area contributed by atoms with Crippen molar-refractivity contribution in [2.24, 2.45) is 0 Å². The molecule has 0 amide bonds. The third-order valence-electron chi connectivity index (χ3n) is 0.948. The Morgan fingerprint density at radius 2 is 2.09 bits per heavy atom. The monoisotopic (exact) mass is 158 g/mol. The summed E-state index contributed by atoms with van der Waals surface area (Å²) in [7, 11) is 0. The third kappa shape index (κ3) is 2.23. The third-order valence-corrected chi connectivity index (χ3v) is 0.948. The van der Waals surface area contributed by atoms with Crippen molar-refractivity contribution >= 4 is 5.97 Å². The average molecular weight is 158 g/mol. The van der Waals surface area contributed by atoms with Crippen molar-refractivity contribution in [1.82, 2.24) is 0 Å². The zero-order valence-corrected chi connectivity index (χ0v) is 5.40. The highest BCUT2D eigenvalue weighted by Crippen LogP contribution is 1.92. The molecule has 0 atom stereocenters. The van der Waals surface area contributed by atoms with E-state index in [1.165, 1.54) is 6.07 Å². The molecule has 5 nitrogen and oxygen atoms in total. The number of aromatic carboxylic acids is 1. The van der Waals surface area contributed by atoms with Crippen molar-refractivity contribution in [2.45, 2.75) is 0 Å². The van der Waals surface area contributed by atoms with E-state index in [9.17, 15) is 9.59 Å². The van der Waals surface area contributed by atoms with Crippen LogP contribution in [0.1, 0.15) is 10.4 Å². The summed E-state index contributed by atoms with van der Waals surface area (Å²) in [6.45, 7) is 0. The summed E-state index contributed by atoms with van der Waals surface area (Å²) in [6, 6.07) is 2.25. The standard InChI is InChI=1S/C6H4O4.H2O/c7-5-2-1-4(3-10-5)6(8)9;/h1-3H,(H,8,9);1H2. The normalized spacial score (nSPS) is 8.36. The Morgan fingerprint density at radius 3 is 2.45 bits per heavy atom. The fourth-order valence-electron chi connectivity index (χ4n) is 0.480. The fraction of sp³-hybridized carbons (Fsp3) is 0. The van der Waals surface area contributed by atoms with Gasteiger partial charge in [-0.3, -0.25) is 0 Å². The van der Waals surface area contributed by atoms with E-state index in [-0.39, 0.29) is 11.0 Å². The van der Waals surface area contributed by atoms with Gasteiger partial charge in [-0.25, -0.2) is 9.59 Å². The van der Waals surface area contributed by atoms with Crippen LogP contribution < -0.4 is 5.63 Å². The summed E-state index contributed by atoms with van der Waals surface area (Å²) in [5, 5.41) is 8.31. The van der Waals surface area contributed by atoms with E-state index < -0.39 is 11.6 Å². The van der Waals surface area contributed by atoms with E-state index in [1.54, 1.807) is 0 Å². The van der Waals surface area contributed by atoms with Crippen LogP contribution in [0.15, 0.2) is 27.6 Å². The van der Waals surface area contributed by atoms with E-state index in [4.69, 9.17) is 5.11 Å². The maximum atomic E-state index is 10.3. The minimum atomic E-state index is -1.11. The van der Waals surface area contributed by atoms with Gasteiger partial charge in [-0.1, -0.05) is 0 Å². The van der Waals surface area contributed by atoms with Crippen molar-refractivity contribution in [3.8, 4) is 0 Å². The van der Waals surface area contributed by atoms with Gasteiger partial charge in [0.15, 0.2) is 0 Å². The van der Waals surface area contributed by atoms with Crippen LogP contribution in [0, 0.1) is 0 Å². The van der Waals surface area contributed by atoms with Gasteiger partial charge in [0.1, 0.15) is 6.26 Å². The minimum Gasteiger partial charge on any atom is -0.478 e. The Morgan fingerprint density at radius 1 is 1.45 bits per heavy atom. The number of carboxylic acids is 1. The molecule has 0 spiro atoms. The SMILES string of the molecule is O.O=C(O)c1ccc(=O)oc1. The molecule has 0 aliphatic carbocycles. The van der Waals surface area contributed by atoms with Crippen molar-refractivity contribution in [3.05, 3.63) is 34.4 Å². The smallest absolute Gasteiger partial charge is 0.338 e. The molecule has 1 aromatic heterocycles. The highest BCUT2D eigenvalue weighted by molar-refractivity contribution is 5.86. The van der Waals surface area contributed by atoms with Gasteiger partial charge >= 0.3 is 11.6 Å². The maximum Gasteiger partial charge on any atom is 0.338 e. The summed E-state index contributed by atoms with van der Waals surface area (Å²) in [5.41, 5.74) is -0.579. The molecule has 0 bridgehead atoms. The summed E-state index contributed by atoms with van der Waals surface area (Å²) in [4.78, 5) is 20.4. The molecular formula is C6H6O5. The van der Waals surface area contributed by atoms with Gasteiger partial charge in [0, 0.05) is 6.07 Å². The van der Waals surface area contributed by atoms with Gasteiger partial charge in [0.2, 0.25) is 0 Å². The Bertz CT molecular complexity index is 280. The molecular weight excluding hydrogens is 152 g/mol. The Hall–Kier alpha value is -1.62. The molecule has 1 aromatic rings. The van der Waals surface area contributed by atoms with Crippen molar-refractivity contribution in [2.75, 3.05) is 0 Å². The molecule has 1 rings (SSSR count). The van der Waals surface area contributed by atoms with Crippen LogP contribution in [0.4, 0.5) is 0 Å². The molecule has 0 aliphatic rings. The molecule has 1 heterocycles. The first-order chi connectivity index (χ1) is 4.70. The predicted molar refractivity (Wildman–Crippen MR) is 35.6 cm³/mol. The minimum absolute atomic E-state index is 0. The number of hydrogen-bond acceptors (Lipinski definition) is 3. The van der Waals surface area contributed by atoms with E-state index in [0.29, 0.717) is 0 Å². The summed E-state index contributed by atoms with van der Waals surface area (Å²) in [5.74, 6) is -1.11. The number of carboxylic acid groups (broad SMARTS) is 1. The lowest BCUT2D eigenvalue weighted by molar-refractivity contribution is 0.0694. The van der Waals surface area contributed by atoms with Gasteiger partial charge in [-0.2, -0.15) is 0 Å². The molecule has 0 unspecified atom stereocenters. The highest BCUT2D eigenvalue weighted by atomic mass is 16.4. The lowest BCUT2D eigenvalue weighted by Gasteiger charge is -1.87.